The van der Waals surface area contributed by atoms with Gasteiger partial charge in [0.15, 0.2) is 11.5 Å². The summed E-state index contributed by atoms with van der Waals surface area (Å²) in [6.07, 6.45) is 2.65. The minimum atomic E-state index is 0. The Balaban J connectivity index is 0.00000225. The fourth-order valence-electron chi connectivity index (χ4n) is 3.32. The zero-order chi connectivity index (χ0) is 16.9. The van der Waals surface area contributed by atoms with Crippen LogP contribution >= 0.6 is 24.2 Å². The number of halogens is 1. The zero-order valence-corrected chi connectivity index (χ0v) is 16.2. The molecule has 2 atom stereocenters. The average Bonchev–Trinajstić information content (AvgIpc) is 2.61. The molecule has 1 amide bonds. The van der Waals surface area contributed by atoms with Crippen LogP contribution in [0.4, 0.5) is 0 Å². The third-order valence-corrected chi connectivity index (χ3v) is 5.66. The van der Waals surface area contributed by atoms with Gasteiger partial charge in [0, 0.05) is 36.2 Å². The number of fused-ring (bicyclic) bond motifs is 1. The van der Waals surface area contributed by atoms with Gasteiger partial charge in [0.2, 0.25) is 5.91 Å². The maximum atomic E-state index is 12.5. The third kappa shape index (κ3) is 5.19. The van der Waals surface area contributed by atoms with E-state index in [1.165, 1.54) is 0 Å². The topological polar surface area (TPSA) is 64.8 Å². The number of carbonyl (C=O) groups is 1. The van der Waals surface area contributed by atoms with Gasteiger partial charge in [-0.1, -0.05) is 6.92 Å². The Bertz CT molecular complexity index is 587. The number of benzene rings is 1. The van der Waals surface area contributed by atoms with Crippen molar-refractivity contribution < 1.29 is 14.3 Å². The lowest BCUT2D eigenvalue weighted by atomic mass is 9.92. The Morgan fingerprint density at radius 2 is 2.08 bits per heavy atom. The second-order valence-corrected chi connectivity index (χ2v) is 7.68. The highest BCUT2D eigenvalue weighted by molar-refractivity contribution is 7.99. The van der Waals surface area contributed by atoms with E-state index < -0.39 is 0 Å². The van der Waals surface area contributed by atoms with Crippen molar-refractivity contribution in [3.05, 3.63) is 18.2 Å². The van der Waals surface area contributed by atoms with E-state index in [9.17, 15) is 4.79 Å². The average molecular weight is 387 g/mol. The number of rotatable bonds is 5. The molecule has 2 unspecified atom stereocenters. The van der Waals surface area contributed by atoms with Gasteiger partial charge >= 0.3 is 0 Å². The molecule has 2 aliphatic rings. The predicted octanol–water partition coefficient (Wildman–Crippen LogP) is 2.95. The highest BCUT2D eigenvalue weighted by Gasteiger charge is 2.28. The van der Waals surface area contributed by atoms with E-state index in [1.54, 1.807) is 11.8 Å². The Hall–Kier alpha value is -1.11. The van der Waals surface area contributed by atoms with Crippen molar-refractivity contribution in [2.24, 2.45) is 11.7 Å². The standard InChI is InChI=1S/C18H26N2O3S.ClH/c1-13-4-6-20(14(10-13)12-19)18(21)5-9-24-15-2-3-16-17(11-15)23-8-7-22-16;/h2-3,11,13-14H,4-10,12,19H2,1H3;1H. The number of nitrogens with two attached hydrogens (primary N) is 1. The summed E-state index contributed by atoms with van der Waals surface area (Å²) in [7, 11) is 0. The van der Waals surface area contributed by atoms with Crippen LogP contribution in [0.25, 0.3) is 0 Å². The van der Waals surface area contributed by atoms with E-state index in [0.717, 1.165) is 41.5 Å². The van der Waals surface area contributed by atoms with Crippen molar-refractivity contribution >= 4 is 30.1 Å². The summed E-state index contributed by atoms with van der Waals surface area (Å²) in [5.41, 5.74) is 5.85. The van der Waals surface area contributed by atoms with Crippen molar-refractivity contribution in [3.8, 4) is 11.5 Å². The summed E-state index contributed by atoms with van der Waals surface area (Å²) in [5, 5.41) is 0. The zero-order valence-electron chi connectivity index (χ0n) is 14.6. The van der Waals surface area contributed by atoms with E-state index in [-0.39, 0.29) is 24.4 Å². The van der Waals surface area contributed by atoms with Gasteiger partial charge in [-0.3, -0.25) is 4.79 Å². The Morgan fingerprint density at radius 3 is 2.84 bits per heavy atom. The highest BCUT2D eigenvalue weighted by atomic mass is 35.5. The summed E-state index contributed by atoms with van der Waals surface area (Å²) >= 11 is 1.68. The van der Waals surface area contributed by atoms with E-state index in [4.69, 9.17) is 15.2 Å². The summed E-state index contributed by atoms with van der Waals surface area (Å²) in [6.45, 7) is 4.84. The van der Waals surface area contributed by atoms with Crippen LogP contribution in [0.2, 0.25) is 0 Å². The predicted molar refractivity (Wildman–Crippen MR) is 103 cm³/mol. The van der Waals surface area contributed by atoms with Crippen molar-refractivity contribution in [2.75, 3.05) is 32.1 Å². The molecule has 3 rings (SSSR count). The molecule has 25 heavy (non-hydrogen) atoms. The summed E-state index contributed by atoms with van der Waals surface area (Å²) in [4.78, 5) is 15.6. The van der Waals surface area contributed by atoms with Crippen LogP contribution in [0.15, 0.2) is 23.1 Å². The fourth-order valence-corrected chi connectivity index (χ4v) is 4.18. The first-order valence-electron chi connectivity index (χ1n) is 8.69. The highest BCUT2D eigenvalue weighted by Crippen LogP contribution is 2.34. The molecule has 0 radical (unpaired) electrons. The maximum absolute atomic E-state index is 12.5. The largest absolute Gasteiger partial charge is 0.486 e. The van der Waals surface area contributed by atoms with Gasteiger partial charge in [0.25, 0.3) is 0 Å². The Kier molecular flexibility index (Phi) is 7.72. The first-order chi connectivity index (χ1) is 11.7. The van der Waals surface area contributed by atoms with Gasteiger partial charge in [0.1, 0.15) is 13.2 Å². The van der Waals surface area contributed by atoms with E-state index in [0.29, 0.717) is 32.1 Å². The van der Waals surface area contributed by atoms with Gasteiger partial charge in [0.05, 0.1) is 0 Å². The smallest absolute Gasteiger partial charge is 0.223 e. The molecule has 0 spiro atoms. The number of thioether (sulfide) groups is 1. The molecular formula is C18H27ClN2O3S. The SMILES string of the molecule is CC1CCN(C(=O)CCSc2ccc3c(c2)OCCO3)C(CN)C1.Cl. The summed E-state index contributed by atoms with van der Waals surface area (Å²) in [6, 6.07) is 6.17. The van der Waals surface area contributed by atoms with Gasteiger partial charge < -0.3 is 20.1 Å². The fraction of sp³-hybridized carbons (Fsp3) is 0.611. The van der Waals surface area contributed by atoms with Crippen molar-refractivity contribution in [3.63, 3.8) is 0 Å². The van der Waals surface area contributed by atoms with Gasteiger partial charge in [-0.05, 0) is 37.0 Å². The van der Waals surface area contributed by atoms with E-state index in [1.807, 2.05) is 23.1 Å². The number of carbonyl (C=O) groups excluding carboxylic acids is 1. The number of piperidine rings is 1. The van der Waals surface area contributed by atoms with Gasteiger partial charge in [-0.2, -0.15) is 0 Å². The minimum absolute atomic E-state index is 0. The minimum Gasteiger partial charge on any atom is -0.486 e. The maximum Gasteiger partial charge on any atom is 0.223 e. The molecule has 7 heteroatoms. The number of amides is 1. The molecule has 2 aliphatic heterocycles. The monoisotopic (exact) mass is 386 g/mol. The first-order valence-corrected chi connectivity index (χ1v) is 9.68. The van der Waals surface area contributed by atoms with Crippen molar-refractivity contribution in [1.82, 2.24) is 4.90 Å². The van der Waals surface area contributed by atoms with Crippen LogP contribution in [0.1, 0.15) is 26.2 Å². The molecule has 0 aliphatic carbocycles. The normalized spacial score (nSPS) is 22.2. The molecule has 1 aromatic rings. The molecule has 2 heterocycles. The first kappa shape index (κ1) is 20.2. The molecule has 1 fully saturated rings. The van der Waals surface area contributed by atoms with Crippen LogP contribution < -0.4 is 15.2 Å². The molecule has 0 aromatic heterocycles. The molecule has 2 N–H and O–H groups in total. The van der Waals surface area contributed by atoms with Crippen molar-refractivity contribution in [1.29, 1.82) is 0 Å². The molecule has 140 valence electrons. The van der Waals surface area contributed by atoms with Crippen molar-refractivity contribution in [2.45, 2.75) is 37.1 Å². The summed E-state index contributed by atoms with van der Waals surface area (Å²) in [5.74, 6) is 3.25. The molecular weight excluding hydrogens is 360 g/mol. The second-order valence-electron chi connectivity index (χ2n) is 6.51. The number of ether oxygens (including phenoxy) is 2. The van der Waals surface area contributed by atoms with E-state index >= 15 is 0 Å². The Labute approximate surface area is 160 Å². The third-order valence-electron chi connectivity index (χ3n) is 4.67. The van der Waals surface area contributed by atoms with Crippen LogP contribution in [0.3, 0.4) is 0 Å². The quantitative estimate of drug-likeness (QED) is 0.788. The van der Waals surface area contributed by atoms with Gasteiger partial charge in [-0.15, -0.1) is 24.2 Å². The molecule has 0 saturated carbocycles. The van der Waals surface area contributed by atoms with Crippen LogP contribution in [0.5, 0.6) is 11.5 Å². The van der Waals surface area contributed by atoms with Gasteiger partial charge in [-0.25, -0.2) is 0 Å². The summed E-state index contributed by atoms with van der Waals surface area (Å²) < 4.78 is 11.1. The Morgan fingerprint density at radius 1 is 1.32 bits per heavy atom. The lowest BCUT2D eigenvalue weighted by Gasteiger charge is -2.38. The van der Waals surface area contributed by atoms with E-state index in [2.05, 4.69) is 6.92 Å². The molecule has 1 aromatic carbocycles. The number of likely N-dealkylation sites (tertiary alicyclic amines) is 1. The second kappa shape index (κ2) is 9.55. The lowest BCUT2D eigenvalue weighted by molar-refractivity contribution is -0.134. The number of nitrogens with zero attached hydrogens (tertiary/aromatic N) is 1. The van der Waals surface area contributed by atoms with Crippen LogP contribution in [-0.4, -0.2) is 48.9 Å². The van der Waals surface area contributed by atoms with Crippen LogP contribution in [-0.2, 0) is 4.79 Å². The molecule has 1 saturated heterocycles. The number of hydrogen-bond donors (Lipinski definition) is 1. The molecule has 0 bridgehead atoms. The number of hydrogen-bond acceptors (Lipinski definition) is 5. The van der Waals surface area contributed by atoms with Crippen LogP contribution in [0, 0.1) is 5.92 Å². The molecule has 5 nitrogen and oxygen atoms in total. The lowest BCUT2D eigenvalue weighted by Crippen LogP contribution is -2.49.